The Kier molecular flexibility index (Phi) is 2.69. The number of aromatic nitrogens is 1. The minimum atomic E-state index is 1.01. The largest absolute Gasteiger partial charge is 0.363 e. The number of nitrogens with zero attached hydrogens (tertiary/aromatic N) is 2. The van der Waals surface area contributed by atoms with E-state index >= 15 is 0 Å². The van der Waals surface area contributed by atoms with E-state index < -0.39 is 0 Å². The molecule has 0 aliphatic carbocycles. The molecule has 0 saturated heterocycles. The number of rotatable bonds is 2. The summed E-state index contributed by atoms with van der Waals surface area (Å²) < 4.78 is 0. The zero-order valence-electron chi connectivity index (χ0n) is 8.26. The van der Waals surface area contributed by atoms with Gasteiger partial charge in [-0.15, -0.1) is 0 Å². The molecule has 0 aliphatic rings. The molecule has 0 saturated carbocycles. The molecule has 1 heterocycles. The van der Waals surface area contributed by atoms with E-state index in [1.54, 1.807) is 0 Å². The second kappa shape index (κ2) is 3.57. The molecular weight excluding hydrogens is 148 g/mol. The molecule has 0 fully saturated rings. The molecule has 0 spiro atoms. The molecule has 2 heteroatoms. The number of hydrogen-bond donors (Lipinski definition) is 0. The van der Waals surface area contributed by atoms with Crippen molar-refractivity contribution in [2.45, 2.75) is 20.3 Å². The van der Waals surface area contributed by atoms with Gasteiger partial charge < -0.3 is 4.90 Å². The topological polar surface area (TPSA) is 16.1 Å². The highest BCUT2D eigenvalue weighted by Crippen LogP contribution is 2.12. The number of pyridine rings is 1. The molecule has 1 aromatic heterocycles. The molecule has 0 amide bonds. The third kappa shape index (κ3) is 1.76. The van der Waals surface area contributed by atoms with E-state index in [1.807, 2.05) is 19.0 Å². The number of aryl methyl sites for hydroxylation is 2. The molecule has 0 unspecified atom stereocenters. The van der Waals surface area contributed by atoms with Gasteiger partial charge in [0.1, 0.15) is 5.82 Å². The maximum Gasteiger partial charge on any atom is 0.128 e. The Morgan fingerprint density at radius 2 is 2.00 bits per heavy atom. The first-order valence-corrected chi connectivity index (χ1v) is 4.29. The third-order valence-electron chi connectivity index (χ3n) is 1.98. The fraction of sp³-hybridized carbons (Fsp3) is 0.500. The Hall–Kier alpha value is -1.05. The smallest absolute Gasteiger partial charge is 0.128 e. The first-order valence-electron chi connectivity index (χ1n) is 4.29. The van der Waals surface area contributed by atoms with Gasteiger partial charge in [0.05, 0.1) is 0 Å². The van der Waals surface area contributed by atoms with Crippen LogP contribution in [0.2, 0.25) is 0 Å². The molecule has 66 valence electrons. The van der Waals surface area contributed by atoms with Crippen LogP contribution in [0.15, 0.2) is 12.1 Å². The lowest BCUT2D eigenvalue weighted by Crippen LogP contribution is -2.11. The Labute approximate surface area is 74.2 Å². The zero-order chi connectivity index (χ0) is 9.14. The molecule has 0 bridgehead atoms. The van der Waals surface area contributed by atoms with Crippen LogP contribution in [-0.4, -0.2) is 19.1 Å². The van der Waals surface area contributed by atoms with Gasteiger partial charge in [0.2, 0.25) is 0 Å². The van der Waals surface area contributed by atoms with Crippen molar-refractivity contribution in [3.8, 4) is 0 Å². The SMILES string of the molecule is CCc1nc(N(C)C)ccc1C. The number of anilines is 1. The summed E-state index contributed by atoms with van der Waals surface area (Å²) in [5.74, 6) is 1.04. The minimum absolute atomic E-state index is 1.01. The Balaban J connectivity index is 3.05. The van der Waals surface area contributed by atoms with Gasteiger partial charge >= 0.3 is 0 Å². The summed E-state index contributed by atoms with van der Waals surface area (Å²) in [6, 6.07) is 4.18. The Bertz CT molecular complexity index is 267. The van der Waals surface area contributed by atoms with Crippen LogP contribution >= 0.6 is 0 Å². The van der Waals surface area contributed by atoms with Gasteiger partial charge in [-0.1, -0.05) is 13.0 Å². The van der Waals surface area contributed by atoms with E-state index in [0.717, 1.165) is 12.2 Å². The summed E-state index contributed by atoms with van der Waals surface area (Å²) in [4.78, 5) is 6.54. The predicted molar refractivity (Wildman–Crippen MR) is 52.7 cm³/mol. The normalized spacial score (nSPS) is 10.0. The van der Waals surface area contributed by atoms with E-state index in [0.29, 0.717) is 0 Å². The van der Waals surface area contributed by atoms with Gasteiger partial charge in [-0.2, -0.15) is 0 Å². The van der Waals surface area contributed by atoms with E-state index in [9.17, 15) is 0 Å². The summed E-state index contributed by atoms with van der Waals surface area (Å²) in [5, 5.41) is 0. The van der Waals surface area contributed by atoms with E-state index in [4.69, 9.17) is 0 Å². The van der Waals surface area contributed by atoms with Crippen molar-refractivity contribution in [3.05, 3.63) is 23.4 Å². The minimum Gasteiger partial charge on any atom is -0.363 e. The van der Waals surface area contributed by atoms with Crippen molar-refractivity contribution < 1.29 is 0 Å². The summed E-state index contributed by atoms with van der Waals surface area (Å²) in [5.41, 5.74) is 2.48. The monoisotopic (exact) mass is 164 g/mol. The van der Waals surface area contributed by atoms with Crippen LogP contribution in [0.25, 0.3) is 0 Å². The van der Waals surface area contributed by atoms with Crippen LogP contribution in [0.1, 0.15) is 18.2 Å². The van der Waals surface area contributed by atoms with Crippen LogP contribution in [0.3, 0.4) is 0 Å². The van der Waals surface area contributed by atoms with Crippen molar-refractivity contribution in [1.29, 1.82) is 0 Å². The average Bonchev–Trinajstić information content (AvgIpc) is 2.05. The molecule has 1 rings (SSSR count). The van der Waals surface area contributed by atoms with Crippen LogP contribution in [0.4, 0.5) is 5.82 Å². The molecule has 2 nitrogen and oxygen atoms in total. The maximum absolute atomic E-state index is 4.52. The van der Waals surface area contributed by atoms with E-state index in [-0.39, 0.29) is 0 Å². The van der Waals surface area contributed by atoms with Crippen molar-refractivity contribution in [2.75, 3.05) is 19.0 Å². The zero-order valence-corrected chi connectivity index (χ0v) is 8.26. The van der Waals surface area contributed by atoms with Crippen molar-refractivity contribution in [2.24, 2.45) is 0 Å². The van der Waals surface area contributed by atoms with Crippen molar-refractivity contribution in [3.63, 3.8) is 0 Å². The summed E-state index contributed by atoms with van der Waals surface area (Å²) in [7, 11) is 4.02. The maximum atomic E-state index is 4.52. The van der Waals surface area contributed by atoms with Crippen LogP contribution in [0.5, 0.6) is 0 Å². The molecule has 1 aromatic rings. The fourth-order valence-electron chi connectivity index (χ4n) is 1.17. The second-order valence-corrected chi connectivity index (χ2v) is 3.18. The van der Waals surface area contributed by atoms with E-state index in [1.165, 1.54) is 11.3 Å². The fourth-order valence-corrected chi connectivity index (χ4v) is 1.17. The predicted octanol–water partition coefficient (Wildman–Crippen LogP) is 2.02. The van der Waals surface area contributed by atoms with Gasteiger partial charge in [0, 0.05) is 19.8 Å². The van der Waals surface area contributed by atoms with Crippen LogP contribution in [-0.2, 0) is 6.42 Å². The molecule has 0 aliphatic heterocycles. The van der Waals surface area contributed by atoms with Crippen LogP contribution < -0.4 is 4.90 Å². The second-order valence-electron chi connectivity index (χ2n) is 3.18. The highest BCUT2D eigenvalue weighted by Gasteiger charge is 2.00. The Morgan fingerprint density at radius 1 is 1.33 bits per heavy atom. The highest BCUT2D eigenvalue weighted by molar-refractivity contribution is 5.39. The average molecular weight is 164 g/mol. The molecule has 12 heavy (non-hydrogen) atoms. The summed E-state index contributed by atoms with van der Waals surface area (Å²) in [6.07, 6.45) is 1.01. The summed E-state index contributed by atoms with van der Waals surface area (Å²) >= 11 is 0. The first kappa shape index (κ1) is 9.04. The number of hydrogen-bond acceptors (Lipinski definition) is 2. The molecule has 0 atom stereocenters. The molecule has 0 N–H and O–H groups in total. The molecule has 0 radical (unpaired) electrons. The van der Waals surface area contributed by atoms with Gasteiger partial charge in [0.15, 0.2) is 0 Å². The molecule has 0 aromatic carbocycles. The molecular formula is C10H16N2. The quantitative estimate of drug-likeness (QED) is 0.664. The van der Waals surface area contributed by atoms with Gasteiger partial charge in [-0.05, 0) is 25.0 Å². The van der Waals surface area contributed by atoms with Crippen LogP contribution in [0, 0.1) is 6.92 Å². The highest BCUT2D eigenvalue weighted by atomic mass is 15.1. The Morgan fingerprint density at radius 3 is 2.50 bits per heavy atom. The third-order valence-corrected chi connectivity index (χ3v) is 1.98. The van der Waals surface area contributed by atoms with Gasteiger partial charge in [-0.3, -0.25) is 0 Å². The van der Waals surface area contributed by atoms with Gasteiger partial charge in [-0.25, -0.2) is 4.98 Å². The van der Waals surface area contributed by atoms with E-state index in [2.05, 4.69) is 31.0 Å². The lowest BCUT2D eigenvalue weighted by Gasteiger charge is -2.13. The van der Waals surface area contributed by atoms with Crippen molar-refractivity contribution >= 4 is 5.82 Å². The van der Waals surface area contributed by atoms with Crippen molar-refractivity contribution in [1.82, 2.24) is 4.98 Å². The van der Waals surface area contributed by atoms with Gasteiger partial charge in [0.25, 0.3) is 0 Å². The lowest BCUT2D eigenvalue weighted by atomic mass is 10.2. The summed E-state index contributed by atoms with van der Waals surface area (Å²) in [6.45, 7) is 4.24. The standard InChI is InChI=1S/C10H16N2/c1-5-9-8(2)6-7-10(11-9)12(3)4/h6-7H,5H2,1-4H3. The lowest BCUT2D eigenvalue weighted by molar-refractivity contribution is 0.970. The first-order chi connectivity index (χ1) is 5.65.